The highest BCUT2D eigenvalue weighted by Gasteiger charge is 2.18. The first-order chi connectivity index (χ1) is 14.3. The van der Waals surface area contributed by atoms with Gasteiger partial charge in [-0.3, -0.25) is 0 Å². The molecule has 0 amide bonds. The minimum Gasteiger partial charge on any atom is -0.486 e. The summed E-state index contributed by atoms with van der Waals surface area (Å²) < 4.78 is 17.3. The van der Waals surface area contributed by atoms with Gasteiger partial charge in [-0.25, -0.2) is 0 Å². The van der Waals surface area contributed by atoms with E-state index in [-0.39, 0.29) is 0 Å². The molecule has 0 spiro atoms. The van der Waals surface area contributed by atoms with E-state index in [2.05, 4.69) is 36.4 Å². The van der Waals surface area contributed by atoms with Crippen LogP contribution in [0.5, 0.6) is 16.6 Å². The van der Waals surface area contributed by atoms with Crippen molar-refractivity contribution in [3.63, 3.8) is 0 Å². The molecule has 0 unspecified atom stereocenters. The summed E-state index contributed by atoms with van der Waals surface area (Å²) >= 11 is 1.44. The van der Waals surface area contributed by atoms with Gasteiger partial charge in [0.1, 0.15) is 31.5 Å². The molecule has 0 saturated carbocycles. The van der Waals surface area contributed by atoms with Crippen LogP contribution >= 0.6 is 11.3 Å². The number of ether oxygens (including phenoxy) is 3. The van der Waals surface area contributed by atoms with Crippen molar-refractivity contribution in [1.82, 2.24) is 0 Å². The first kappa shape index (κ1) is 17.6. The van der Waals surface area contributed by atoms with Crippen molar-refractivity contribution in [2.45, 2.75) is 6.61 Å². The average molecular weight is 399 g/mol. The van der Waals surface area contributed by atoms with Crippen LogP contribution in [0.1, 0.15) is 11.1 Å². The molecule has 0 saturated heterocycles. The van der Waals surface area contributed by atoms with Gasteiger partial charge in [0.15, 0.2) is 16.6 Å². The zero-order chi connectivity index (χ0) is 19.6. The Balaban J connectivity index is 1.40. The largest absolute Gasteiger partial charge is 0.486 e. The normalized spacial score (nSPS) is 12.5. The second-order valence-electron chi connectivity index (χ2n) is 6.75. The number of fused-ring (bicyclic) bond motifs is 2. The molecule has 4 nitrogen and oxygen atoms in total. The molecule has 0 atom stereocenters. The second-order valence-corrected chi connectivity index (χ2v) is 7.59. The van der Waals surface area contributed by atoms with Gasteiger partial charge < -0.3 is 14.2 Å². The van der Waals surface area contributed by atoms with E-state index < -0.39 is 0 Å². The maximum absolute atomic E-state index is 9.75. The number of thiophene rings is 1. The van der Waals surface area contributed by atoms with Gasteiger partial charge in [0, 0.05) is 10.9 Å². The Morgan fingerprint density at radius 2 is 1.76 bits per heavy atom. The molecule has 2 heterocycles. The zero-order valence-corrected chi connectivity index (χ0v) is 16.4. The molecule has 3 aromatic carbocycles. The summed E-state index contributed by atoms with van der Waals surface area (Å²) in [4.78, 5) is 0. The molecule has 1 aliphatic rings. The lowest BCUT2D eigenvalue weighted by atomic mass is 10.0. The quantitative estimate of drug-likeness (QED) is 0.436. The van der Waals surface area contributed by atoms with Crippen molar-refractivity contribution in [2.24, 2.45) is 0 Å². The van der Waals surface area contributed by atoms with Crippen LogP contribution in [-0.2, 0) is 6.61 Å². The number of nitriles is 1. The van der Waals surface area contributed by atoms with Crippen molar-refractivity contribution in [3.05, 3.63) is 77.2 Å². The lowest BCUT2D eigenvalue weighted by Crippen LogP contribution is -2.15. The molecule has 4 aromatic rings. The van der Waals surface area contributed by atoms with E-state index >= 15 is 0 Å². The number of benzene rings is 3. The Hall–Kier alpha value is -3.49. The van der Waals surface area contributed by atoms with Crippen LogP contribution < -0.4 is 14.2 Å². The first-order valence-electron chi connectivity index (χ1n) is 9.34. The third kappa shape index (κ3) is 3.39. The fourth-order valence-electron chi connectivity index (χ4n) is 3.45. The lowest BCUT2D eigenvalue weighted by Gasteiger charge is -2.18. The highest BCUT2D eigenvalue weighted by molar-refractivity contribution is 7.12. The monoisotopic (exact) mass is 399 g/mol. The molecule has 0 bridgehead atoms. The number of hydrogen-bond donors (Lipinski definition) is 0. The molecule has 0 fully saturated rings. The standard InChI is InChI=1S/C24H17NO3S/c25-13-20-21(19-7-8-22-23(12-19)27-10-9-26-22)15-29-24(20)28-14-16-5-6-17-3-1-2-4-18(17)11-16/h1-8,11-12,15H,9-10,14H2. The van der Waals surface area contributed by atoms with Gasteiger partial charge >= 0.3 is 0 Å². The SMILES string of the molecule is N#Cc1c(-c2ccc3c(c2)OCCO3)csc1OCc1ccc2ccccc2c1. The summed E-state index contributed by atoms with van der Waals surface area (Å²) in [5.41, 5.74) is 3.39. The molecular weight excluding hydrogens is 382 g/mol. The molecule has 5 rings (SSSR count). The fraction of sp³-hybridized carbons (Fsp3) is 0.125. The summed E-state index contributed by atoms with van der Waals surface area (Å²) in [6.45, 7) is 1.51. The van der Waals surface area contributed by atoms with E-state index in [0.717, 1.165) is 22.4 Å². The van der Waals surface area contributed by atoms with Crippen LogP contribution in [0.15, 0.2) is 66.0 Å². The van der Waals surface area contributed by atoms with Crippen molar-refractivity contribution < 1.29 is 14.2 Å². The first-order valence-corrected chi connectivity index (χ1v) is 10.2. The van der Waals surface area contributed by atoms with Crippen LogP contribution in [-0.4, -0.2) is 13.2 Å². The Morgan fingerprint density at radius 1 is 0.931 bits per heavy atom. The minimum absolute atomic E-state index is 0.417. The average Bonchev–Trinajstić information content (AvgIpc) is 3.20. The van der Waals surface area contributed by atoms with Crippen LogP contribution in [0.3, 0.4) is 0 Å². The van der Waals surface area contributed by atoms with Crippen LogP contribution in [0.25, 0.3) is 21.9 Å². The minimum atomic E-state index is 0.417. The van der Waals surface area contributed by atoms with E-state index in [4.69, 9.17) is 14.2 Å². The van der Waals surface area contributed by atoms with Gasteiger partial charge in [-0.1, -0.05) is 42.5 Å². The Morgan fingerprint density at radius 3 is 2.62 bits per heavy atom. The summed E-state index contributed by atoms with van der Waals surface area (Å²) in [7, 11) is 0. The van der Waals surface area contributed by atoms with E-state index in [1.807, 2.05) is 35.7 Å². The topological polar surface area (TPSA) is 51.5 Å². The van der Waals surface area contributed by atoms with E-state index in [1.54, 1.807) is 0 Å². The van der Waals surface area contributed by atoms with E-state index in [9.17, 15) is 5.26 Å². The maximum Gasteiger partial charge on any atom is 0.192 e. The summed E-state index contributed by atoms with van der Waals surface area (Å²) in [6, 6.07) is 22.6. The molecular formula is C24H17NO3S. The third-order valence-corrected chi connectivity index (χ3v) is 5.80. The van der Waals surface area contributed by atoms with Gasteiger partial charge in [0.2, 0.25) is 0 Å². The van der Waals surface area contributed by atoms with Crippen LogP contribution in [0.4, 0.5) is 0 Å². The predicted octanol–water partition coefficient (Wildman–Crippen LogP) is 5.79. The molecule has 142 valence electrons. The molecule has 0 radical (unpaired) electrons. The van der Waals surface area contributed by atoms with Crippen molar-refractivity contribution in [1.29, 1.82) is 5.26 Å². The van der Waals surface area contributed by atoms with Gasteiger partial charge in [-0.2, -0.15) is 5.26 Å². The molecule has 1 aliphatic heterocycles. The number of nitrogens with zero attached hydrogens (tertiary/aromatic N) is 1. The van der Waals surface area contributed by atoms with Crippen molar-refractivity contribution in [3.8, 4) is 33.8 Å². The number of hydrogen-bond acceptors (Lipinski definition) is 5. The highest BCUT2D eigenvalue weighted by Crippen LogP contribution is 2.40. The summed E-state index contributed by atoms with van der Waals surface area (Å²) in [5.74, 6) is 1.45. The Labute approximate surface area is 172 Å². The Kier molecular flexibility index (Phi) is 4.55. The van der Waals surface area contributed by atoms with Gasteiger partial charge in [0.05, 0.1) is 0 Å². The van der Waals surface area contributed by atoms with Gasteiger partial charge in [-0.15, -0.1) is 11.3 Å². The van der Waals surface area contributed by atoms with Crippen LogP contribution in [0, 0.1) is 11.3 Å². The van der Waals surface area contributed by atoms with Crippen LogP contribution in [0.2, 0.25) is 0 Å². The predicted molar refractivity (Wildman–Crippen MR) is 114 cm³/mol. The fourth-order valence-corrected chi connectivity index (χ4v) is 4.33. The Bertz CT molecular complexity index is 1240. The van der Waals surface area contributed by atoms with Gasteiger partial charge in [-0.05, 0) is 40.1 Å². The molecule has 0 N–H and O–H groups in total. The van der Waals surface area contributed by atoms with Crippen molar-refractivity contribution >= 4 is 22.1 Å². The van der Waals surface area contributed by atoms with E-state index in [0.29, 0.717) is 36.2 Å². The zero-order valence-electron chi connectivity index (χ0n) is 15.6. The van der Waals surface area contributed by atoms with E-state index in [1.165, 1.54) is 22.1 Å². The molecule has 29 heavy (non-hydrogen) atoms. The number of rotatable bonds is 4. The molecule has 0 aliphatic carbocycles. The summed E-state index contributed by atoms with van der Waals surface area (Å²) in [5, 5.41) is 14.7. The van der Waals surface area contributed by atoms with Gasteiger partial charge in [0.25, 0.3) is 0 Å². The summed E-state index contributed by atoms with van der Waals surface area (Å²) in [6.07, 6.45) is 0. The molecule has 5 heteroatoms. The smallest absolute Gasteiger partial charge is 0.192 e. The highest BCUT2D eigenvalue weighted by atomic mass is 32.1. The van der Waals surface area contributed by atoms with Crippen molar-refractivity contribution in [2.75, 3.05) is 13.2 Å². The maximum atomic E-state index is 9.75. The third-order valence-electron chi connectivity index (χ3n) is 4.91. The molecule has 1 aromatic heterocycles. The second kappa shape index (κ2) is 7.50. The lowest BCUT2D eigenvalue weighted by molar-refractivity contribution is 0.171.